The van der Waals surface area contributed by atoms with Gasteiger partial charge < -0.3 is 0 Å². The molecule has 0 N–H and O–H groups in total. The third kappa shape index (κ3) is 1.36. The first kappa shape index (κ1) is 8.10. The molecule has 0 amide bonds. The molecular formula is C10H19. The first-order chi connectivity index (χ1) is 4.54. The van der Waals surface area contributed by atoms with Gasteiger partial charge >= 0.3 is 0 Å². The van der Waals surface area contributed by atoms with Gasteiger partial charge in [0.15, 0.2) is 0 Å². The molecule has 0 saturated heterocycles. The fourth-order valence-electron chi connectivity index (χ4n) is 1.89. The van der Waals surface area contributed by atoms with Gasteiger partial charge in [-0.05, 0) is 30.1 Å². The van der Waals surface area contributed by atoms with E-state index in [0.29, 0.717) is 5.41 Å². The fourth-order valence-corrected chi connectivity index (χ4v) is 1.89. The zero-order chi connectivity index (χ0) is 7.78. The molecule has 0 aromatic heterocycles. The van der Waals surface area contributed by atoms with E-state index >= 15 is 0 Å². The second-order valence-electron chi connectivity index (χ2n) is 4.37. The lowest BCUT2D eigenvalue weighted by Gasteiger charge is -2.40. The molecular weight excluding hydrogens is 120 g/mol. The lowest BCUT2D eigenvalue weighted by molar-refractivity contribution is 0.154. The summed E-state index contributed by atoms with van der Waals surface area (Å²) < 4.78 is 0. The van der Waals surface area contributed by atoms with Crippen molar-refractivity contribution >= 4 is 0 Å². The monoisotopic (exact) mass is 139 g/mol. The van der Waals surface area contributed by atoms with Crippen molar-refractivity contribution in [3.63, 3.8) is 0 Å². The van der Waals surface area contributed by atoms with Crippen molar-refractivity contribution in [2.75, 3.05) is 0 Å². The molecule has 0 nitrogen and oxygen atoms in total. The zero-order valence-electron chi connectivity index (χ0n) is 7.65. The van der Waals surface area contributed by atoms with E-state index in [0.717, 1.165) is 11.8 Å². The van der Waals surface area contributed by atoms with Crippen LogP contribution in [-0.4, -0.2) is 0 Å². The molecule has 0 aromatic rings. The van der Waals surface area contributed by atoms with E-state index in [4.69, 9.17) is 0 Å². The van der Waals surface area contributed by atoms with Crippen LogP contribution in [0.15, 0.2) is 0 Å². The van der Waals surface area contributed by atoms with Crippen LogP contribution in [0.1, 0.15) is 40.5 Å². The maximum Gasteiger partial charge on any atom is -0.0295 e. The van der Waals surface area contributed by atoms with Crippen molar-refractivity contribution in [2.24, 2.45) is 17.3 Å². The third-order valence-corrected chi connectivity index (χ3v) is 3.32. The van der Waals surface area contributed by atoms with Crippen LogP contribution in [0.5, 0.6) is 0 Å². The molecule has 0 heteroatoms. The summed E-state index contributed by atoms with van der Waals surface area (Å²) in [6.45, 7) is 9.46. The molecule has 10 heavy (non-hydrogen) atoms. The summed E-state index contributed by atoms with van der Waals surface area (Å²) in [6.07, 6.45) is 5.20. The molecule has 0 bridgehead atoms. The zero-order valence-corrected chi connectivity index (χ0v) is 7.65. The van der Waals surface area contributed by atoms with Crippen molar-refractivity contribution in [1.29, 1.82) is 0 Å². The van der Waals surface area contributed by atoms with Crippen LogP contribution < -0.4 is 0 Å². The Morgan fingerprint density at radius 1 is 1.30 bits per heavy atom. The highest BCUT2D eigenvalue weighted by Gasteiger charge is 2.33. The Kier molecular flexibility index (Phi) is 2.07. The summed E-state index contributed by atoms with van der Waals surface area (Å²) in [4.78, 5) is 0. The molecule has 0 spiro atoms. The second kappa shape index (κ2) is 2.56. The van der Waals surface area contributed by atoms with Gasteiger partial charge in [0.1, 0.15) is 0 Å². The van der Waals surface area contributed by atoms with Gasteiger partial charge in [-0.3, -0.25) is 0 Å². The quantitative estimate of drug-likeness (QED) is 0.483. The molecule has 1 rings (SSSR count). The Bertz CT molecular complexity index is 113. The summed E-state index contributed by atoms with van der Waals surface area (Å²) in [6, 6.07) is 0. The third-order valence-electron chi connectivity index (χ3n) is 3.32. The van der Waals surface area contributed by atoms with Crippen molar-refractivity contribution in [1.82, 2.24) is 0 Å². The van der Waals surface area contributed by atoms with Crippen molar-refractivity contribution in [3.05, 3.63) is 6.42 Å². The van der Waals surface area contributed by atoms with Crippen molar-refractivity contribution in [2.45, 2.75) is 40.5 Å². The lowest BCUT2D eigenvalue weighted by atomic mass is 9.65. The predicted molar refractivity (Wildman–Crippen MR) is 45.6 cm³/mol. The first-order valence-electron chi connectivity index (χ1n) is 4.38. The molecule has 1 radical (unpaired) electrons. The van der Waals surface area contributed by atoms with E-state index < -0.39 is 0 Å². The van der Waals surface area contributed by atoms with Gasteiger partial charge in [0.2, 0.25) is 0 Å². The van der Waals surface area contributed by atoms with E-state index in [9.17, 15) is 0 Å². The van der Waals surface area contributed by atoms with Gasteiger partial charge in [-0.1, -0.05) is 34.1 Å². The van der Waals surface area contributed by atoms with Crippen LogP contribution in [0.4, 0.5) is 0 Å². The molecule has 2 atom stereocenters. The summed E-state index contributed by atoms with van der Waals surface area (Å²) in [5, 5.41) is 0. The molecule has 2 unspecified atom stereocenters. The van der Waals surface area contributed by atoms with Crippen LogP contribution in [0, 0.1) is 23.7 Å². The molecule has 0 heterocycles. The van der Waals surface area contributed by atoms with Crippen LogP contribution in [-0.2, 0) is 0 Å². The lowest BCUT2D eigenvalue weighted by Crippen LogP contribution is -2.31. The normalized spacial score (nSPS) is 39.6. The van der Waals surface area contributed by atoms with Crippen molar-refractivity contribution < 1.29 is 0 Å². The van der Waals surface area contributed by atoms with Gasteiger partial charge in [0.05, 0.1) is 0 Å². The first-order valence-corrected chi connectivity index (χ1v) is 4.38. The van der Waals surface area contributed by atoms with Crippen LogP contribution in [0.2, 0.25) is 0 Å². The minimum Gasteiger partial charge on any atom is -0.0622 e. The second-order valence-corrected chi connectivity index (χ2v) is 4.37. The number of hydrogen-bond donors (Lipinski definition) is 0. The highest BCUT2D eigenvalue weighted by Crippen LogP contribution is 2.42. The Balaban J connectivity index is 2.60. The average Bonchev–Trinajstić information content (AvgIpc) is 1.83. The van der Waals surface area contributed by atoms with E-state index in [1.165, 1.54) is 12.8 Å². The Morgan fingerprint density at radius 3 is 2.30 bits per heavy atom. The fraction of sp³-hybridized carbons (Fsp3) is 0.900. The summed E-state index contributed by atoms with van der Waals surface area (Å²) in [5.41, 5.74) is 0.484. The molecule has 1 saturated carbocycles. The predicted octanol–water partition coefficient (Wildman–Crippen LogP) is 3.28. The van der Waals surface area contributed by atoms with Crippen molar-refractivity contribution in [3.8, 4) is 0 Å². The molecule has 1 aliphatic carbocycles. The summed E-state index contributed by atoms with van der Waals surface area (Å²) in [5.74, 6) is 1.78. The minimum absolute atomic E-state index is 0.484. The topological polar surface area (TPSA) is 0 Å². The average molecular weight is 139 g/mol. The van der Waals surface area contributed by atoms with Gasteiger partial charge in [-0.2, -0.15) is 0 Å². The highest BCUT2D eigenvalue weighted by molar-refractivity contribution is 4.95. The maximum atomic E-state index is 2.48. The molecule has 0 aliphatic heterocycles. The van der Waals surface area contributed by atoms with Crippen LogP contribution in [0.3, 0.4) is 0 Å². The molecule has 1 fully saturated rings. The van der Waals surface area contributed by atoms with E-state index in [-0.39, 0.29) is 0 Å². The number of hydrogen-bond acceptors (Lipinski definition) is 0. The Morgan fingerprint density at radius 2 is 1.90 bits per heavy atom. The van der Waals surface area contributed by atoms with Crippen LogP contribution in [0.25, 0.3) is 0 Å². The summed E-state index contributed by atoms with van der Waals surface area (Å²) >= 11 is 0. The minimum atomic E-state index is 0.484. The van der Waals surface area contributed by atoms with E-state index in [2.05, 4.69) is 34.1 Å². The Hall–Kier alpha value is 0. The highest BCUT2D eigenvalue weighted by atomic mass is 14.4. The maximum absolute atomic E-state index is 2.48. The van der Waals surface area contributed by atoms with Gasteiger partial charge in [-0.15, -0.1) is 0 Å². The molecule has 1 aliphatic rings. The molecule has 0 aromatic carbocycles. The van der Waals surface area contributed by atoms with E-state index in [1.807, 2.05) is 0 Å². The van der Waals surface area contributed by atoms with Gasteiger partial charge in [0, 0.05) is 0 Å². The smallest absolute Gasteiger partial charge is 0.0295 e. The van der Waals surface area contributed by atoms with Gasteiger partial charge in [-0.25, -0.2) is 0 Å². The summed E-state index contributed by atoms with van der Waals surface area (Å²) in [7, 11) is 0. The SMILES string of the molecule is CC1CC[CH]C(C)(C)C1C. The van der Waals surface area contributed by atoms with Gasteiger partial charge in [0.25, 0.3) is 0 Å². The Labute approximate surface area is 65.0 Å². The number of rotatable bonds is 0. The van der Waals surface area contributed by atoms with Crippen LogP contribution >= 0.6 is 0 Å². The molecule has 59 valence electrons. The van der Waals surface area contributed by atoms with E-state index in [1.54, 1.807) is 0 Å². The largest absolute Gasteiger partial charge is 0.0622 e. The standard InChI is InChI=1S/C10H19/c1-8-6-5-7-10(3,4)9(8)2/h7-9H,5-6H2,1-4H3.